The normalized spacial score (nSPS) is 18.7. The van der Waals surface area contributed by atoms with Crippen molar-refractivity contribution >= 4 is 16.3 Å². The Labute approximate surface area is 107 Å². The van der Waals surface area contributed by atoms with Crippen LogP contribution in [-0.2, 0) is 14.9 Å². The second-order valence-corrected chi connectivity index (χ2v) is 5.67. The van der Waals surface area contributed by atoms with E-state index < -0.39 is 22.3 Å². The van der Waals surface area contributed by atoms with Crippen LogP contribution in [0.3, 0.4) is 0 Å². The summed E-state index contributed by atoms with van der Waals surface area (Å²) in [6, 6.07) is 1.12. The van der Waals surface area contributed by atoms with Crippen molar-refractivity contribution in [2.24, 2.45) is 5.92 Å². The maximum atomic E-state index is 11.5. The van der Waals surface area contributed by atoms with E-state index in [2.05, 4.69) is 9.46 Å². The molecule has 1 saturated carbocycles. The maximum absolute atomic E-state index is 11.5. The molecule has 1 rings (SSSR count). The highest BCUT2D eigenvalue weighted by atomic mass is 32.2. The van der Waals surface area contributed by atoms with E-state index in [9.17, 15) is 13.2 Å². The molecule has 1 amide bonds. The molecule has 0 spiro atoms. The predicted octanol–water partition coefficient (Wildman–Crippen LogP) is 0.649. The van der Waals surface area contributed by atoms with Gasteiger partial charge in [-0.3, -0.25) is 0 Å². The summed E-state index contributed by atoms with van der Waals surface area (Å²) in [5.74, 6) is -0.00188. The van der Waals surface area contributed by atoms with Crippen molar-refractivity contribution in [3.05, 3.63) is 0 Å². The van der Waals surface area contributed by atoms with E-state index in [0.717, 1.165) is 39.2 Å². The van der Waals surface area contributed by atoms with Gasteiger partial charge in [0.15, 0.2) is 0 Å². The first kappa shape index (κ1) is 14.7. The number of nitriles is 1. The zero-order chi connectivity index (χ0) is 13.6. The van der Waals surface area contributed by atoms with Gasteiger partial charge in [-0.05, 0) is 18.8 Å². The first-order valence-electron chi connectivity index (χ1n) is 5.76. The third-order valence-corrected chi connectivity index (χ3v) is 3.95. The molecule has 102 valence electrons. The molecule has 8 heteroatoms. The Hall–Kier alpha value is -1.33. The minimum absolute atomic E-state index is 0.00188. The lowest BCUT2D eigenvalue weighted by Gasteiger charge is -2.25. The van der Waals surface area contributed by atoms with E-state index in [4.69, 9.17) is 5.26 Å². The first-order valence-corrected chi connectivity index (χ1v) is 7.24. The number of amides is 1. The van der Waals surface area contributed by atoms with Gasteiger partial charge in [0.2, 0.25) is 0 Å². The summed E-state index contributed by atoms with van der Waals surface area (Å²) in [6.07, 6.45) is 3.66. The molecule has 0 radical (unpaired) electrons. The van der Waals surface area contributed by atoms with Gasteiger partial charge in [0.25, 0.3) is 0 Å². The number of nitrogens with one attached hydrogen (secondary N) is 2. The minimum atomic E-state index is -4.05. The van der Waals surface area contributed by atoms with Gasteiger partial charge in [0.05, 0.1) is 13.2 Å². The second-order valence-electron chi connectivity index (χ2n) is 4.22. The van der Waals surface area contributed by atoms with Gasteiger partial charge in [0, 0.05) is 0 Å². The molecule has 7 nitrogen and oxygen atoms in total. The molecule has 1 aliphatic rings. The van der Waals surface area contributed by atoms with Crippen LogP contribution in [0.1, 0.15) is 32.1 Å². The number of carbonyl (C=O) groups excluding carboxylic acids is 1. The zero-order valence-electron chi connectivity index (χ0n) is 10.2. The van der Waals surface area contributed by atoms with Crippen molar-refractivity contribution in [2.75, 3.05) is 7.11 Å². The summed E-state index contributed by atoms with van der Waals surface area (Å²) in [7, 11) is -2.99. The topological polar surface area (TPSA) is 108 Å². The smallest absolute Gasteiger partial charge is 0.421 e. The molecule has 1 aliphatic carbocycles. The molecule has 18 heavy (non-hydrogen) atoms. The van der Waals surface area contributed by atoms with Gasteiger partial charge < -0.3 is 4.74 Å². The summed E-state index contributed by atoms with van der Waals surface area (Å²) >= 11 is 0. The van der Waals surface area contributed by atoms with Crippen molar-refractivity contribution in [3.63, 3.8) is 0 Å². The fourth-order valence-corrected chi connectivity index (χ4v) is 2.98. The molecule has 0 aliphatic heterocycles. The first-order chi connectivity index (χ1) is 8.48. The van der Waals surface area contributed by atoms with Gasteiger partial charge in [-0.2, -0.15) is 18.4 Å². The van der Waals surface area contributed by atoms with Crippen LogP contribution in [0.15, 0.2) is 0 Å². The van der Waals surface area contributed by atoms with Gasteiger partial charge in [-0.15, -0.1) is 0 Å². The quantitative estimate of drug-likeness (QED) is 0.783. The molecule has 1 fully saturated rings. The minimum Gasteiger partial charge on any atom is -0.452 e. The third kappa shape index (κ3) is 4.50. The van der Waals surface area contributed by atoms with E-state index >= 15 is 0 Å². The number of hydrogen-bond donors (Lipinski definition) is 2. The molecular formula is C10H17N3O4S. The Balaban J connectivity index is 2.62. The van der Waals surface area contributed by atoms with Crippen LogP contribution in [0.25, 0.3) is 0 Å². The van der Waals surface area contributed by atoms with Crippen LogP contribution in [0.4, 0.5) is 4.79 Å². The highest BCUT2D eigenvalue weighted by Crippen LogP contribution is 2.26. The molecule has 0 heterocycles. The predicted molar refractivity (Wildman–Crippen MR) is 63.6 cm³/mol. The van der Waals surface area contributed by atoms with Crippen LogP contribution in [-0.4, -0.2) is 27.7 Å². The Morgan fingerprint density at radius 2 is 2.00 bits per heavy atom. The van der Waals surface area contributed by atoms with Crippen molar-refractivity contribution in [3.8, 4) is 6.07 Å². The molecule has 0 saturated heterocycles. The van der Waals surface area contributed by atoms with E-state index in [1.807, 2.05) is 6.07 Å². The second kappa shape index (κ2) is 6.56. The van der Waals surface area contributed by atoms with Gasteiger partial charge in [0.1, 0.15) is 6.04 Å². The van der Waals surface area contributed by atoms with Crippen molar-refractivity contribution < 1.29 is 17.9 Å². The lowest BCUT2D eigenvalue weighted by atomic mass is 9.85. The Bertz CT molecular complexity index is 423. The summed E-state index contributed by atoms with van der Waals surface area (Å²) in [5, 5.41) is 9.01. The molecular weight excluding hydrogens is 258 g/mol. The standard InChI is InChI=1S/C10H17N3O4S/c1-17-10(14)13-18(15,16)12-9(7-11)8-5-3-2-4-6-8/h8-9,12H,2-6H2,1H3,(H,13,14). The number of rotatable bonds is 4. The van der Waals surface area contributed by atoms with Gasteiger partial charge >= 0.3 is 16.3 Å². The third-order valence-electron chi connectivity index (χ3n) is 2.95. The lowest BCUT2D eigenvalue weighted by Crippen LogP contribution is -2.47. The molecule has 0 aromatic carbocycles. The highest BCUT2D eigenvalue weighted by molar-refractivity contribution is 7.88. The summed E-state index contributed by atoms with van der Waals surface area (Å²) < 4.78 is 31.1. The average Bonchev–Trinajstić information content (AvgIpc) is 2.36. The fraction of sp³-hybridized carbons (Fsp3) is 0.800. The van der Waals surface area contributed by atoms with Crippen molar-refractivity contribution in [1.82, 2.24) is 9.44 Å². The summed E-state index contributed by atoms with van der Waals surface area (Å²) in [4.78, 5) is 10.8. The van der Waals surface area contributed by atoms with E-state index in [1.54, 1.807) is 4.72 Å². The Morgan fingerprint density at radius 1 is 1.39 bits per heavy atom. The largest absolute Gasteiger partial charge is 0.452 e. The van der Waals surface area contributed by atoms with Crippen molar-refractivity contribution in [2.45, 2.75) is 38.1 Å². The number of carbonyl (C=O) groups is 1. The number of hydrogen-bond acceptors (Lipinski definition) is 5. The van der Waals surface area contributed by atoms with Crippen LogP contribution in [0.5, 0.6) is 0 Å². The van der Waals surface area contributed by atoms with Crippen LogP contribution < -0.4 is 9.44 Å². The summed E-state index contributed by atoms with van der Waals surface area (Å²) in [6.45, 7) is 0. The molecule has 1 unspecified atom stereocenters. The molecule has 0 aromatic rings. The Kier molecular flexibility index (Phi) is 5.37. The van der Waals surface area contributed by atoms with Crippen molar-refractivity contribution in [1.29, 1.82) is 5.26 Å². The van der Waals surface area contributed by atoms with Crippen LogP contribution in [0, 0.1) is 17.2 Å². The SMILES string of the molecule is COC(=O)NS(=O)(=O)NC(C#N)C1CCCCC1. The van der Waals surface area contributed by atoms with E-state index in [1.165, 1.54) is 0 Å². The molecule has 0 bridgehead atoms. The number of methoxy groups -OCH3 is 1. The van der Waals surface area contributed by atoms with Gasteiger partial charge in [-0.1, -0.05) is 19.3 Å². The molecule has 0 aromatic heterocycles. The van der Waals surface area contributed by atoms with Gasteiger partial charge in [-0.25, -0.2) is 9.52 Å². The zero-order valence-corrected chi connectivity index (χ0v) is 11.0. The highest BCUT2D eigenvalue weighted by Gasteiger charge is 2.28. The number of ether oxygens (including phenoxy) is 1. The summed E-state index contributed by atoms with van der Waals surface area (Å²) in [5.41, 5.74) is 0. The molecule has 1 atom stereocenters. The number of nitrogens with zero attached hydrogens (tertiary/aromatic N) is 1. The van der Waals surface area contributed by atoms with Crippen LogP contribution in [0.2, 0.25) is 0 Å². The monoisotopic (exact) mass is 275 g/mol. The van der Waals surface area contributed by atoms with Crippen LogP contribution >= 0.6 is 0 Å². The fourth-order valence-electron chi connectivity index (χ4n) is 2.04. The Morgan fingerprint density at radius 3 is 2.50 bits per heavy atom. The van der Waals surface area contributed by atoms with E-state index in [0.29, 0.717) is 0 Å². The lowest BCUT2D eigenvalue weighted by molar-refractivity contribution is 0.177. The molecule has 2 N–H and O–H groups in total. The average molecular weight is 275 g/mol. The maximum Gasteiger partial charge on any atom is 0.421 e. The van der Waals surface area contributed by atoms with E-state index in [-0.39, 0.29) is 5.92 Å².